The molecule has 1 N–H and O–H groups in total. The molecule has 0 saturated heterocycles. The second-order valence-corrected chi connectivity index (χ2v) is 6.73. The molecule has 0 saturated carbocycles. The predicted molar refractivity (Wildman–Crippen MR) is 76.3 cm³/mol. The van der Waals surface area contributed by atoms with E-state index in [1.807, 2.05) is 24.3 Å². The van der Waals surface area contributed by atoms with Crippen LogP contribution in [0.4, 0.5) is 0 Å². The van der Waals surface area contributed by atoms with E-state index in [9.17, 15) is 8.42 Å². The number of hydrogen-bond acceptors (Lipinski definition) is 4. The normalized spacial score (nSPS) is 11.5. The molecule has 0 aliphatic heterocycles. The number of ether oxygens (including phenoxy) is 1. The fraction of sp³-hybridized carbons (Fsp3) is 0.571. The Morgan fingerprint density at radius 3 is 2.32 bits per heavy atom. The third-order valence-corrected chi connectivity index (χ3v) is 4.63. The lowest BCUT2D eigenvalue weighted by Crippen LogP contribution is -2.14. The van der Waals surface area contributed by atoms with Gasteiger partial charge in [-0.15, -0.1) is 0 Å². The van der Waals surface area contributed by atoms with Gasteiger partial charge in [0, 0.05) is 6.61 Å². The Labute approximate surface area is 115 Å². The van der Waals surface area contributed by atoms with E-state index in [1.54, 1.807) is 0 Å². The van der Waals surface area contributed by atoms with Crippen molar-refractivity contribution in [3.8, 4) is 5.75 Å². The average Bonchev–Trinajstić information content (AvgIpc) is 2.42. The Kier molecular flexibility index (Phi) is 6.87. The van der Waals surface area contributed by atoms with Crippen LogP contribution in [0.15, 0.2) is 24.3 Å². The summed E-state index contributed by atoms with van der Waals surface area (Å²) in [6.45, 7) is 2.40. The topological polar surface area (TPSA) is 63.6 Å². The van der Waals surface area contributed by atoms with E-state index in [2.05, 4.69) is 6.92 Å². The molecule has 19 heavy (non-hydrogen) atoms. The molecular weight excluding hydrogens is 264 g/mol. The van der Waals surface area contributed by atoms with Crippen LogP contribution in [0.25, 0.3) is 0 Å². The van der Waals surface area contributed by atoms with Crippen molar-refractivity contribution in [3.05, 3.63) is 29.8 Å². The molecule has 1 aromatic rings. The van der Waals surface area contributed by atoms with Crippen molar-refractivity contribution in [2.24, 2.45) is 0 Å². The van der Waals surface area contributed by atoms with Gasteiger partial charge in [-0.25, -0.2) is 8.42 Å². The van der Waals surface area contributed by atoms with Crippen LogP contribution in [0.3, 0.4) is 0 Å². The lowest BCUT2D eigenvalue weighted by atomic mass is 10.2. The summed E-state index contributed by atoms with van der Waals surface area (Å²) in [5.41, 5.74) is 1.25. The summed E-state index contributed by atoms with van der Waals surface area (Å²) in [4.78, 5) is 0. The van der Waals surface area contributed by atoms with Crippen molar-refractivity contribution in [2.75, 3.05) is 24.7 Å². The van der Waals surface area contributed by atoms with Gasteiger partial charge in [0.1, 0.15) is 5.75 Å². The van der Waals surface area contributed by atoms with Gasteiger partial charge < -0.3 is 9.84 Å². The van der Waals surface area contributed by atoms with Crippen LogP contribution < -0.4 is 4.74 Å². The molecule has 0 amide bonds. The second-order valence-electron chi connectivity index (χ2n) is 4.43. The molecule has 0 unspecified atom stereocenters. The van der Waals surface area contributed by atoms with Crippen molar-refractivity contribution in [3.63, 3.8) is 0 Å². The smallest absolute Gasteiger partial charge is 0.150 e. The quantitative estimate of drug-likeness (QED) is 0.703. The Hall–Kier alpha value is -1.07. The summed E-state index contributed by atoms with van der Waals surface area (Å²) in [6.07, 6.45) is 1.77. The van der Waals surface area contributed by atoms with Gasteiger partial charge in [0.25, 0.3) is 0 Å². The van der Waals surface area contributed by atoms with E-state index in [1.165, 1.54) is 5.56 Å². The number of rotatable bonds is 9. The zero-order chi connectivity index (χ0) is 14.1. The summed E-state index contributed by atoms with van der Waals surface area (Å²) in [6, 6.07) is 7.82. The zero-order valence-corrected chi connectivity index (χ0v) is 12.2. The number of benzene rings is 1. The molecule has 0 spiro atoms. The number of aryl methyl sites for hydroxylation is 1. The molecule has 0 radical (unpaired) electrons. The molecule has 4 nitrogen and oxygen atoms in total. The Morgan fingerprint density at radius 1 is 1.11 bits per heavy atom. The molecule has 0 aromatic heterocycles. The van der Waals surface area contributed by atoms with Crippen LogP contribution in [0.1, 0.15) is 25.3 Å². The van der Waals surface area contributed by atoms with Crippen molar-refractivity contribution >= 4 is 9.84 Å². The van der Waals surface area contributed by atoms with E-state index in [0.29, 0.717) is 19.4 Å². The summed E-state index contributed by atoms with van der Waals surface area (Å²) >= 11 is 0. The Bertz CT molecular complexity index is 451. The number of aliphatic hydroxyl groups excluding tert-OH is 1. The van der Waals surface area contributed by atoms with Crippen molar-refractivity contribution < 1.29 is 18.3 Å². The van der Waals surface area contributed by atoms with Crippen LogP contribution in [-0.4, -0.2) is 38.2 Å². The fourth-order valence-corrected chi connectivity index (χ4v) is 3.01. The van der Waals surface area contributed by atoms with Crippen LogP contribution in [0.5, 0.6) is 5.75 Å². The number of aliphatic hydroxyl groups is 1. The minimum atomic E-state index is -3.05. The second kappa shape index (κ2) is 8.17. The monoisotopic (exact) mass is 286 g/mol. The van der Waals surface area contributed by atoms with Crippen molar-refractivity contribution in [1.29, 1.82) is 0 Å². The lowest BCUT2D eigenvalue weighted by molar-refractivity contribution is 0.295. The summed E-state index contributed by atoms with van der Waals surface area (Å²) in [5.74, 6) is 0.930. The van der Waals surface area contributed by atoms with Crippen LogP contribution in [0.2, 0.25) is 0 Å². The van der Waals surface area contributed by atoms with Gasteiger partial charge in [-0.05, 0) is 37.0 Å². The number of sulfone groups is 1. The molecule has 0 aliphatic carbocycles. The van der Waals surface area contributed by atoms with Crippen LogP contribution in [-0.2, 0) is 16.3 Å². The van der Waals surface area contributed by atoms with Crippen LogP contribution >= 0.6 is 0 Å². The van der Waals surface area contributed by atoms with Gasteiger partial charge >= 0.3 is 0 Å². The van der Waals surface area contributed by atoms with Crippen molar-refractivity contribution in [1.82, 2.24) is 0 Å². The highest BCUT2D eigenvalue weighted by Crippen LogP contribution is 2.12. The lowest BCUT2D eigenvalue weighted by Gasteiger charge is -2.07. The van der Waals surface area contributed by atoms with Crippen LogP contribution in [0, 0.1) is 0 Å². The van der Waals surface area contributed by atoms with Gasteiger partial charge in [0.2, 0.25) is 0 Å². The highest BCUT2D eigenvalue weighted by molar-refractivity contribution is 7.91. The van der Waals surface area contributed by atoms with Gasteiger partial charge in [-0.2, -0.15) is 0 Å². The van der Waals surface area contributed by atoms with Gasteiger partial charge in [0.05, 0.1) is 18.1 Å². The average molecular weight is 286 g/mol. The first-order valence-electron chi connectivity index (χ1n) is 6.60. The van der Waals surface area contributed by atoms with E-state index in [0.717, 1.165) is 12.2 Å². The standard InChI is InChI=1S/C14H22O4S/c1-2-13-5-7-14(8-6-13)18-10-4-12-19(16,17)11-3-9-15/h5-8,15H,2-4,9-12H2,1H3. The molecule has 0 bridgehead atoms. The Morgan fingerprint density at radius 2 is 1.74 bits per heavy atom. The highest BCUT2D eigenvalue weighted by atomic mass is 32.2. The Balaban J connectivity index is 2.26. The zero-order valence-electron chi connectivity index (χ0n) is 11.3. The molecule has 0 heterocycles. The maximum atomic E-state index is 11.5. The third kappa shape index (κ3) is 6.59. The van der Waals surface area contributed by atoms with E-state index in [4.69, 9.17) is 9.84 Å². The molecule has 0 fully saturated rings. The fourth-order valence-electron chi connectivity index (χ4n) is 1.68. The maximum Gasteiger partial charge on any atom is 0.150 e. The van der Waals surface area contributed by atoms with Crippen molar-refractivity contribution in [2.45, 2.75) is 26.2 Å². The highest BCUT2D eigenvalue weighted by Gasteiger charge is 2.09. The molecular formula is C14H22O4S. The predicted octanol–water partition coefficient (Wildman–Crippen LogP) is 1.82. The van der Waals surface area contributed by atoms with Gasteiger partial charge in [-0.1, -0.05) is 19.1 Å². The first-order valence-corrected chi connectivity index (χ1v) is 8.42. The van der Waals surface area contributed by atoms with Gasteiger partial charge in [0.15, 0.2) is 9.84 Å². The molecule has 0 aliphatic rings. The molecule has 108 valence electrons. The molecule has 5 heteroatoms. The molecule has 1 aromatic carbocycles. The van der Waals surface area contributed by atoms with E-state index < -0.39 is 9.84 Å². The minimum Gasteiger partial charge on any atom is -0.494 e. The summed E-state index contributed by atoms with van der Waals surface area (Å²) in [7, 11) is -3.05. The molecule has 1 rings (SSSR count). The minimum absolute atomic E-state index is 0.0503. The largest absolute Gasteiger partial charge is 0.494 e. The van der Waals surface area contributed by atoms with E-state index >= 15 is 0 Å². The van der Waals surface area contributed by atoms with Gasteiger partial charge in [-0.3, -0.25) is 0 Å². The first kappa shape index (κ1) is 16.0. The maximum absolute atomic E-state index is 11.5. The summed E-state index contributed by atoms with van der Waals surface area (Å²) < 4.78 is 28.5. The first-order chi connectivity index (χ1) is 9.07. The number of hydrogen-bond donors (Lipinski definition) is 1. The molecule has 0 atom stereocenters. The third-order valence-electron chi connectivity index (χ3n) is 2.81. The summed E-state index contributed by atoms with van der Waals surface area (Å²) in [5, 5.41) is 8.60. The SMILES string of the molecule is CCc1ccc(OCCCS(=O)(=O)CCCO)cc1. The van der Waals surface area contributed by atoms with E-state index in [-0.39, 0.29) is 18.1 Å².